The van der Waals surface area contributed by atoms with Crippen molar-refractivity contribution in [1.29, 1.82) is 0 Å². The zero-order valence-electron chi connectivity index (χ0n) is 9.11. The summed E-state index contributed by atoms with van der Waals surface area (Å²) in [5.74, 6) is -0.149. The molecule has 0 fully saturated rings. The molecule has 88 valence electrons. The predicted octanol–water partition coefficient (Wildman–Crippen LogP) is 2.04. The first kappa shape index (κ1) is 11.7. The molecule has 0 bridgehead atoms. The Labute approximate surface area is 104 Å². The van der Waals surface area contributed by atoms with Crippen molar-refractivity contribution in [1.82, 2.24) is 15.5 Å². The van der Waals surface area contributed by atoms with Crippen LogP contribution in [0.25, 0.3) is 0 Å². The molecule has 2 N–H and O–H groups in total. The van der Waals surface area contributed by atoms with E-state index in [-0.39, 0.29) is 5.91 Å². The minimum Gasteiger partial charge on any atom is -0.350 e. The summed E-state index contributed by atoms with van der Waals surface area (Å²) in [6.45, 7) is 0.568. The van der Waals surface area contributed by atoms with E-state index >= 15 is 0 Å². The van der Waals surface area contributed by atoms with Crippen LogP contribution >= 0.6 is 11.6 Å². The third-order valence-corrected chi connectivity index (χ3v) is 2.57. The molecule has 0 aliphatic rings. The summed E-state index contributed by atoms with van der Waals surface area (Å²) >= 11 is 5.87. The number of halogens is 1. The van der Waals surface area contributed by atoms with E-state index < -0.39 is 0 Å². The lowest BCUT2D eigenvalue weighted by Gasteiger charge is -2.04. The molecule has 0 saturated carbocycles. The van der Waals surface area contributed by atoms with Crippen LogP contribution < -0.4 is 5.32 Å². The van der Waals surface area contributed by atoms with E-state index in [4.69, 9.17) is 11.6 Å². The molecule has 0 unspecified atom stereocenters. The third-order valence-electron chi connectivity index (χ3n) is 2.33. The van der Waals surface area contributed by atoms with Crippen LogP contribution in [0.3, 0.4) is 0 Å². The Kier molecular flexibility index (Phi) is 3.77. The second-order valence-corrected chi connectivity index (χ2v) is 4.04. The molecule has 0 aliphatic carbocycles. The highest BCUT2D eigenvalue weighted by atomic mass is 35.5. The van der Waals surface area contributed by atoms with E-state index in [2.05, 4.69) is 15.5 Å². The number of amides is 1. The van der Waals surface area contributed by atoms with E-state index in [0.717, 1.165) is 12.0 Å². The number of carbonyl (C=O) groups excluding carboxylic acids is 1. The zero-order valence-corrected chi connectivity index (χ0v) is 9.87. The highest BCUT2D eigenvalue weighted by molar-refractivity contribution is 6.30. The second-order valence-electron chi connectivity index (χ2n) is 3.61. The molecule has 5 heteroatoms. The smallest absolute Gasteiger partial charge is 0.269 e. The van der Waals surface area contributed by atoms with Crippen LogP contribution in [0.1, 0.15) is 16.1 Å². The quantitative estimate of drug-likeness (QED) is 0.871. The van der Waals surface area contributed by atoms with Crippen molar-refractivity contribution in [3.63, 3.8) is 0 Å². The molecule has 0 spiro atoms. The number of benzene rings is 1. The normalized spacial score (nSPS) is 10.2. The van der Waals surface area contributed by atoms with E-state index in [1.165, 1.54) is 0 Å². The van der Waals surface area contributed by atoms with Gasteiger partial charge in [0.2, 0.25) is 0 Å². The zero-order chi connectivity index (χ0) is 12.1. The van der Waals surface area contributed by atoms with Gasteiger partial charge >= 0.3 is 0 Å². The van der Waals surface area contributed by atoms with Crippen molar-refractivity contribution in [3.8, 4) is 0 Å². The van der Waals surface area contributed by atoms with Crippen LogP contribution in [-0.4, -0.2) is 22.6 Å². The summed E-state index contributed by atoms with van der Waals surface area (Å²) in [6, 6.07) is 9.23. The van der Waals surface area contributed by atoms with Crippen LogP contribution in [0, 0.1) is 0 Å². The Hall–Kier alpha value is -1.81. The molecule has 2 rings (SSSR count). The second kappa shape index (κ2) is 5.50. The molecule has 0 radical (unpaired) electrons. The van der Waals surface area contributed by atoms with E-state index in [1.54, 1.807) is 12.3 Å². The first-order valence-corrected chi connectivity index (χ1v) is 5.65. The topological polar surface area (TPSA) is 57.8 Å². The maximum Gasteiger partial charge on any atom is 0.269 e. The summed E-state index contributed by atoms with van der Waals surface area (Å²) in [7, 11) is 0. The van der Waals surface area contributed by atoms with Crippen molar-refractivity contribution < 1.29 is 4.79 Å². The van der Waals surface area contributed by atoms with Gasteiger partial charge in [-0.2, -0.15) is 5.10 Å². The minimum absolute atomic E-state index is 0.149. The van der Waals surface area contributed by atoms with Crippen LogP contribution in [0.4, 0.5) is 0 Å². The van der Waals surface area contributed by atoms with Gasteiger partial charge in [-0.1, -0.05) is 23.7 Å². The van der Waals surface area contributed by atoms with Gasteiger partial charge in [-0.05, 0) is 30.2 Å². The summed E-state index contributed by atoms with van der Waals surface area (Å²) < 4.78 is 0. The van der Waals surface area contributed by atoms with Gasteiger partial charge in [-0.25, -0.2) is 0 Å². The van der Waals surface area contributed by atoms with Crippen LogP contribution in [0.5, 0.6) is 0 Å². The molecule has 0 aliphatic heterocycles. The molecular weight excluding hydrogens is 238 g/mol. The molecular formula is C12H12ClN3O. The average Bonchev–Trinajstić information content (AvgIpc) is 2.82. The maximum absolute atomic E-state index is 11.6. The Bertz CT molecular complexity index is 496. The molecule has 1 heterocycles. The lowest BCUT2D eigenvalue weighted by molar-refractivity contribution is 0.0949. The van der Waals surface area contributed by atoms with E-state index in [9.17, 15) is 4.79 Å². The summed E-state index contributed by atoms with van der Waals surface area (Å²) in [4.78, 5) is 11.6. The lowest BCUT2D eigenvalue weighted by Crippen LogP contribution is -2.25. The molecule has 0 saturated heterocycles. The lowest BCUT2D eigenvalue weighted by atomic mass is 10.1. The van der Waals surface area contributed by atoms with Gasteiger partial charge in [-0.3, -0.25) is 9.89 Å². The van der Waals surface area contributed by atoms with Crippen LogP contribution in [0.2, 0.25) is 5.02 Å². The van der Waals surface area contributed by atoms with Gasteiger partial charge < -0.3 is 5.32 Å². The molecule has 1 aromatic carbocycles. The largest absolute Gasteiger partial charge is 0.350 e. The first-order valence-electron chi connectivity index (χ1n) is 5.28. The van der Waals surface area contributed by atoms with Crippen molar-refractivity contribution in [2.24, 2.45) is 0 Å². The van der Waals surface area contributed by atoms with Crippen LogP contribution in [-0.2, 0) is 6.42 Å². The van der Waals surface area contributed by atoms with Crippen LogP contribution in [0.15, 0.2) is 36.5 Å². The monoisotopic (exact) mass is 249 g/mol. The molecule has 1 amide bonds. The summed E-state index contributed by atoms with van der Waals surface area (Å²) in [5.41, 5.74) is 1.57. The highest BCUT2D eigenvalue weighted by Crippen LogP contribution is 2.10. The maximum atomic E-state index is 11.6. The Morgan fingerprint density at radius 3 is 3.00 bits per heavy atom. The Morgan fingerprint density at radius 2 is 2.29 bits per heavy atom. The fraction of sp³-hybridized carbons (Fsp3) is 0.167. The number of hydrogen-bond donors (Lipinski definition) is 2. The predicted molar refractivity (Wildman–Crippen MR) is 66.1 cm³/mol. The number of hydrogen-bond acceptors (Lipinski definition) is 2. The molecule has 1 aromatic heterocycles. The fourth-order valence-corrected chi connectivity index (χ4v) is 1.70. The number of H-pyrrole nitrogens is 1. The van der Waals surface area contributed by atoms with Gasteiger partial charge in [0, 0.05) is 17.8 Å². The van der Waals surface area contributed by atoms with Gasteiger partial charge in [0.25, 0.3) is 5.91 Å². The first-order chi connectivity index (χ1) is 8.25. The van der Waals surface area contributed by atoms with E-state index in [1.807, 2.05) is 24.3 Å². The number of rotatable bonds is 4. The molecule has 17 heavy (non-hydrogen) atoms. The minimum atomic E-state index is -0.149. The number of nitrogens with zero attached hydrogens (tertiary/aromatic N) is 1. The number of aromatic amines is 1. The van der Waals surface area contributed by atoms with Gasteiger partial charge in [0.05, 0.1) is 0 Å². The number of carbonyl (C=O) groups is 1. The van der Waals surface area contributed by atoms with E-state index in [0.29, 0.717) is 17.3 Å². The van der Waals surface area contributed by atoms with Crippen molar-refractivity contribution in [3.05, 3.63) is 52.8 Å². The molecule has 0 atom stereocenters. The van der Waals surface area contributed by atoms with Crippen molar-refractivity contribution in [2.45, 2.75) is 6.42 Å². The van der Waals surface area contributed by atoms with Gasteiger partial charge in [0.1, 0.15) is 5.69 Å². The molecule has 4 nitrogen and oxygen atoms in total. The van der Waals surface area contributed by atoms with Gasteiger partial charge in [-0.15, -0.1) is 0 Å². The van der Waals surface area contributed by atoms with Gasteiger partial charge in [0.15, 0.2) is 0 Å². The SMILES string of the molecule is O=C(NCCc1cccc(Cl)c1)c1ccn[nH]1. The summed E-state index contributed by atoms with van der Waals surface area (Å²) in [5, 5.41) is 9.84. The fourth-order valence-electron chi connectivity index (χ4n) is 1.49. The van der Waals surface area contributed by atoms with Crippen molar-refractivity contribution in [2.75, 3.05) is 6.54 Å². The third kappa shape index (κ3) is 3.32. The summed E-state index contributed by atoms with van der Waals surface area (Å²) in [6.07, 6.45) is 2.30. The number of nitrogens with one attached hydrogen (secondary N) is 2. The number of aromatic nitrogens is 2. The highest BCUT2D eigenvalue weighted by Gasteiger charge is 2.05. The van der Waals surface area contributed by atoms with Crippen molar-refractivity contribution >= 4 is 17.5 Å². The Balaban J connectivity index is 1.82. The average molecular weight is 250 g/mol. The molecule has 2 aromatic rings. The standard InChI is InChI=1S/C12H12ClN3O/c13-10-3-1-2-9(8-10)4-6-14-12(17)11-5-7-15-16-11/h1-3,5,7-8H,4,6H2,(H,14,17)(H,15,16). The Morgan fingerprint density at radius 1 is 1.41 bits per heavy atom.